The Morgan fingerprint density at radius 3 is 2.54 bits per heavy atom. The van der Waals surface area contributed by atoms with Gasteiger partial charge in [0.25, 0.3) is 11.8 Å². The van der Waals surface area contributed by atoms with Gasteiger partial charge in [-0.25, -0.2) is 4.98 Å². The van der Waals surface area contributed by atoms with E-state index >= 15 is 0 Å². The van der Waals surface area contributed by atoms with Crippen molar-refractivity contribution in [2.45, 2.75) is 6.18 Å². The Balaban J connectivity index is 2.10. The quantitative estimate of drug-likeness (QED) is 0.825. The second kappa shape index (κ2) is 8.05. The Morgan fingerprint density at radius 1 is 1.19 bits per heavy atom. The number of alkyl halides is 3. The van der Waals surface area contributed by atoms with Crippen LogP contribution in [0.15, 0.2) is 36.4 Å². The van der Waals surface area contributed by atoms with Gasteiger partial charge in [0.05, 0.1) is 10.6 Å². The van der Waals surface area contributed by atoms with E-state index < -0.39 is 18.7 Å². The van der Waals surface area contributed by atoms with Crippen molar-refractivity contribution in [3.63, 3.8) is 0 Å². The van der Waals surface area contributed by atoms with Crippen molar-refractivity contribution in [1.29, 1.82) is 0 Å². The van der Waals surface area contributed by atoms with Gasteiger partial charge >= 0.3 is 6.18 Å². The van der Waals surface area contributed by atoms with E-state index in [2.05, 4.69) is 20.4 Å². The fourth-order valence-electron chi connectivity index (χ4n) is 1.88. The average molecular weight is 388 g/mol. The third kappa shape index (κ3) is 5.35. The molecule has 0 spiro atoms. The highest BCUT2D eigenvalue weighted by Gasteiger charge is 2.28. The smallest absolute Gasteiger partial charge is 0.422 e. The molecule has 0 atom stereocenters. The van der Waals surface area contributed by atoms with Gasteiger partial charge in [0.15, 0.2) is 6.61 Å². The fraction of sp³-hybridized carbons (Fsp3) is 0.188. The molecular formula is C16H13ClF3N3O3. The van der Waals surface area contributed by atoms with Crippen molar-refractivity contribution < 1.29 is 27.5 Å². The highest BCUT2D eigenvalue weighted by Crippen LogP contribution is 2.22. The van der Waals surface area contributed by atoms with Gasteiger partial charge in [-0.1, -0.05) is 17.7 Å². The molecule has 138 valence electrons. The molecule has 6 nitrogen and oxygen atoms in total. The van der Waals surface area contributed by atoms with Crippen LogP contribution in [0.4, 0.5) is 18.9 Å². The van der Waals surface area contributed by atoms with Gasteiger partial charge in [0, 0.05) is 18.8 Å². The van der Waals surface area contributed by atoms with Gasteiger partial charge in [-0.15, -0.1) is 0 Å². The number of pyridine rings is 1. The molecule has 1 aromatic heterocycles. The van der Waals surface area contributed by atoms with Crippen molar-refractivity contribution in [3.8, 4) is 5.88 Å². The molecule has 0 aliphatic carbocycles. The summed E-state index contributed by atoms with van der Waals surface area (Å²) in [5.74, 6) is -1.39. The first kappa shape index (κ1) is 19.5. The lowest BCUT2D eigenvalue weighted by molar-refractivity contribution is -0.154. The molecule has 0 bridgehead atoms. The van der Waals surface area contributed by atoms with Crippen LogP contribution in [0.1, 0.15) is 20.8 Å². The number of benzene rings is 1. The first-order chi connectivity index (χ1) is 12.2. The van der Waals surface area contributed by atoms with Crippen LogP contribution in [0.25, 0.3) is 0 Å². The summed E-state index contributed by atoms with van der Waals surface area (Å²) in [5, 5.41) is 5.03. The minimum Gasteiger partial charge on any atom is -0.468 e. The zero-order valence-electron chi connectivity index (χ0n) is 13.4. The number of nitrogens with one attached hydrogen (secondary N) is 2. The van der Waals surface area contributed by atoms with Crippen molar-refractivity contribution in [2.75, 3.05) is 19.0 Å². The summed E-state index contributed by atoms with van der Waals surface area (Å²) in [7, 11) is 1.45. The summed E-state index contributed by atoms with van der Waals surface area (Å²) < 4.78 is 41.0. The van der Waals surface area contributed by atoms with Gasteiger partial charge in [0.1, 0.15) is 5.69 Å². The van der Waals surface area contributed by atoms with Crippen LogP contribution >= 0.6 is 11.6 Å². The number of carbonyl (C=O) groups is 2. The predicted molar refractivity (Wildman–Crippen MR) is 88.6 cm³/mol. The highest BCUT2D eigenvalue weighted by molar-refractivity contribution is 6.34. The third-order valence-electron chi connectivity index (χ3n) is 3.04. The maximum atomic E-state index is 12.2. The fourth-order valence-corrected chi connectivity index (χ4v) is 2.15. The van der Waals surface area contributed by atoms with Crippen LogP contribution in [0.2, 0.25) is 5.02 Å². The summed E-state index contributed by atoms with van der Waals surface area (Å²) in [6.07, 6.45) is -4.51. The van der Waals surface area contributed by atoms with Crippen molar-refractivity contribution in [2.24, 2.45) is 0 Å². The molecule has 0 aliphatic heterocycles. The Morgan fingerprint density at radius 2 is 1.92 bits per heavy atom. The molecule has 0 saturated carbocycles. The highest BCUT2D eigenvalue weighted by atomic mass is 35.5. The van der Waals surface area contributed by atoms with E-state index in [0.29, 0.717) is 0 Å². The van der Waals surface area contributed by atoms with E-state index in [0.717, 1.165) is 0 Å². The summed E-state index contributed by atoms with van der Waals surface area (Å²) >= 11 is 5.99. The Labute approximate surface area is 151 Å². The first-order valence-corrected chi connectivity index (χ1v) is 7.57. The Kier molecular flexibility index (Phi) is 6.04. The molecule has 0 fully saturated rings. The van der Waals surface area contributed by atoms with Crippen LogP contribution in [0, 0.1) is 0 Å². The number of ether oxygens (including phenoxy) is 1. The molecule has 1 heterocycles. The molecule has 0 aliphatic rings. The molecule has 2 aromatic rings. The standard InChI is InChI=1S/C16H13ClF3N3O3/c1-21-14(24)10-6-5-9(7-11(10)17)22-15(25)12-3-2-4-13(23-12)26-8-16(18,19)20/h2-7H,8H2,1H3,(H,21,24)(H,22,25). The molecule has 10 heteroatoms. The topological polar surface area (TPSA) is 80.3 Å². The van der Waals surface area contributed by atoms with Crippen LogP contribution in [-0.4, -0.2) is 36.6 Å². The SMILES string of the molecule is CNC(=O)c1ccc(NC(=O)c2cccc(OCC(F)(F)F)n2)cc1Cl. The average Bonchev–Trinajstić information content (AvgIpc) is 2.59. The molecule has 1 aromatic carbocycles. The number of hydrogen-bond acceptors (Lipinski definition) is 4. The maximum absolute atomic E-state index is 12.2. The normalized spacial score (nSPS) is 11.0. The van der Waals surface area contributed by atoms with Gasteiger partial charge in [-0.05, 0) is 24.3 Å². The van der Waals surface area contributed by atoms with Crippen LogP contribution in [0.5, 0.6) is 5.88 Å². The summed E-state index contributed by atoms with van der Waals surface area (Å²) in [6.45, 7) is -1.51. The molecule has 0 saturated heterocycles. The van der Waals surface area contributed by atoms with E-state index in [1.165, 1.54) is 43.4 Å². The first-order valence-electron chi connectivity index (χ1n) is 7.19. The molecular weight excluding hydrogens is 375 g/mol. The van der Waals surface area contributed by atoms with Crippen molar-refractivity contribution in [1.82, 2.24) is 10.3 Å². The number of aromatic nitrogens is 1. The van der Waals surface area contributed by atoms with Gasteiger partial charge in [-0.3, -0.25) is 9.59 Å². The number of halogens is 4. The summed E-state index contributed by atoms with van der Waals surface area (Å²) in [6, 6.07) is 8.11. The van der Waals surface area contributed by atoms with Crippen molar-refractivity contribution in [3.05, 3.63) is 52.7 Å². The molecule has 26 heavy (non-hydrogen) atoms. The number of rotatable bonds is 5. The van der Waals surface area contributed by atoms with E-state index in [-0.39, 0.29) is 33.8 Å². The zero-order valence-corrected chi connectivity index (χ0v) is 14.1. The monoisotopic (exact) mass is 387 g/mol. The number of hydrogen-bond donors (Lipinski definition) is 2. The van der Waals surface area contributed by atoms with Crippen LogP contribution in [-0.2, 0) is 0 Å². The largest absolute Gasteiger partial charge is 0.468 e. The number of amides is 2. The minimum absolute atomic E-state index is 0.123. The Hall–Kier alpha value is -2.81. The minimum atomic E-state index is -4.51. The van der Waals surface area contributed by atoms with Gasteiger partial charge in [-0.2, -0.15) is 13.2 Å². The number of carbonyl (C=O) groups excluding carboxylic acids is 2. The summed E-state index contributed by atoms with van der Waals surface area (Å²) in [4.78, 5) is 27.5. The second-order valence-electron chi connectivity index (χ2n) is 4.99. The molecule has 2 amide bonds. The second-order valence-corrected chi connectivity index (χ2v) is 5.40. The van der Waals surface area contributed by atoms with Crippen LogP contribution in [0.3, 0.4) is 0 Å². The summed E-state index contributed by atoms with van der Waals surface area (Å²) in [5.41, 5.74) is 0.375. The zero-order chi connectivity index (χ0) is 19.3. The lowest BCUT2D eigenvalue weighted by Gasteiger charge is -2.10. The maximum Gasteiger partial charge on any atom is 0.422 e. The molecule has 2 N–H and O–H groups in total. The molecule has 0 unspecified atom stereocenters. The lowest BCUT2D eigenvalue weighted by Crippen LogP contribution is -2.20. The molecule has 2 rings (SSSR count). The number of nitrogens with zero attached hydrogens (tertiary/aromatic N) is 1. The van der Waals surface area contributed by atoms with E-state index in [4.69, 9.17) is 11.6 Å². The predicted octanol–water partition coefficient (Wildman–Crippen LogP) is 3.29. The third-order valence-corrected chi connectivity index (χ3v) is 3.35. The van der Waals surface area contributed by atoms with E-state index in [1.807, 2.05) is 0 Å². The molecule has 0 radical (unpaired) electrons. The van der Waals surface area contributed by atoms with Crippen molar-refractivity contribution >= 4 is 29.1 Å². The van der Waals surface area contributed by atoms with Crippen LogP contribution < -0.4 is 15.4 Å². The van der Waals surface area contributed by atoms with E-state index in [1.54, 1.807) is 0 Å². The number of anilines is 1. The Bertz CT molecular complexity index is 828. The lowest BCUT2D eigenvalue weighted by atomic mass is 10.2. The van der Waals surface area contributed by atoms with Gasteiger partial charge in [0.2, 0.25) is 5.88 Å². The van der Waals surface area contributed by atoms with Gasteiger partial charge < -0.3 is 15.4 Å². The van der Waals surface area contributed by atoms with E-state index in [9.17, 15) is 22.8 Å².